The summed E-state index contributed by atoms with van der Waals surface area (Å²) >= 11 is 0. The zero-order chi connectivity index (χ0) is 13.2. The second-order valence-corrected chi connectivity index (χ2v) is 4.05. The number of ether oxygens (including phenoxy) is 1. The van der Waals surface area contributed by atoms with Gasteiger partial charge in [0.25, 0.3) is 0 Å². The van der Waals surface area contributed by atoms with Crippen molar-refractivity contribution in [3.05, 3.63) is 35.4 Å². The smallest absolute Gasteiger partial charge is 0.416 e. The van der Waals surface area contributed by atoms with Gasteiger partial charge in [-0.1, -0.05) is 0 Å². The first-order valence-corrected chi connectivity index (χ1v) is 5.59. The Hall–Kier alpha value is -1.56. The van der Waals surface area contributed by atoms with Crippen molar-refractivity contribution in [2.45, 2.75) is 18.6 Å². The number of aliphatic imine (C=N–C) groups is 1. The Morgan fingerprint density at radius 3 is 2.50 bits per heavy atom. The van der Waals surface area contributed by atoms with E-state index < -0.39 is 11.7 Å². The Balaban J connectivity index is 2.13. The van der Waals surface area contributed by atoms with Gasteiger partial charge in [0.1, 0.15) is 6.61 Å². The van der Waals surface area contributed by atoms with Crippen LogP contribution in [0.1, 0.15) is 17.5 Å². The summed E-state index contributed by atoms with van der Waals surface area (Å²) in [5, 5.41) is 0. The molecule has 0 fully saturated rings. The fourth-order valence-corrected chi connectivity index (χ4v) is 1.72. The zero-order valence-corrected chi connectivity index (χ0v) is 9.57. The molecule has 0 aliphatic carbocycles. The third-order valence-corrected chi connectivity index (χ3v) is 2.67. The van der Waals surface area contributed by atoms with Crippen molar-refractivity contribution in [3.63, 3.8) is 0 Å². The molecule has 0 aromatic heterocycles. The van der Waals surface area contributed by atoms with E-state index in [2.05, 4.69) is 4.99 Å². The van der Waals surface area contributed by atoms with Gasteiger partial charge in [-0.3, -0.25) is 0 Å². The molecule has 2 N–H and O–H groups in total. The molecule has 0 bridgehead atoms. The average Bonchev–Trinajstić information content (AvgIpc) is 2.77. The molecule has 6 heteroatoms. The third kappa shape index (κ3) is 2.81. The maximum Gasteiger partial charge on any atom is 0.416 e. The quantitative estimate of drug-likeness (QED) is 0.903. The van der Waals surface area contributed by atoms with Crippen molar-refractivity contribution in [1.29, 1.82) is 0 Å². The molecule has 1 atom stereocenters. The van der Waals surface area contributed by atoms with Crippen LogP contribution in [0.15, 0.2) is 29.3 Å². The van der Waals surface area contributed by atoms with Gasteiger partial charge in [0.15, 0.2) is 0 Å². The molecule has 1 aliphatic heterocycles. The normalized spacial score (nSPS) is 19.6. The van der Waals surface area contributed by atoms with Crippen molar-refractivity contribution >= 4 is 5.90 Å². The van der Waals surface area contributed by atoms with Crippen molar-refractivity contribution in [2.24, 2.45) is 10.7 Å². The Morgan fingerprint density at radius 2 is 1.94 bits per heavy atom. The highest BCUT2D eigenvalue weighted by Crippen LogP contribution is 2.29. The van der Waals surface area contributed by atoms with Gasteiger partial charge in [-0.05, 0) is 37.2 Å². The molecule has 1 heterocycles. The molecular formula is C12H13F3N2O. The number of hydrogen-bond donors (Lipinski definition) is 1. The van der Waals surface area contributed by atoms with E-state index in [1.807, 2.05) is 0 Å². The van der Waals surface area contributed by atoms with Gasteiger partial charge in [-0.2, -0.15) is 13.2 Å². The van der Waals surface area contributed by atoms with Crippen LogP contribution in [0.3, 0.4) is 0 Å². The lowest BCUT2D eigenvalue weighted by molar-refractivity contribution is -0.137. The lowest BCUT2D eigenvalue weighted by atomic mass is 10.1. The second-order valence-electron chi connectivity index (χ2n) is 4.05. The van der Waals surface area contributed by atoms with E-state index in [1.54, 1.807) is 0 Å². The molecule has 18 heavy (non-hydrogen) atoms. The van der Waals surface area contributed by atoms with E-state index in [1.165, 1.54) is 12.1 Å². The van der Waals surface area contributed by atoms with Gasteiger partial charge >= 0.3 is 6.18 Å². The van der Waals surface area contributed by atoms with E-state index in [0.717, 1.165) is 12.1 Å². The van der Waals surface area contributed by atoms with Crippen molar-refractivity contribution in [1.82, 2.24) is 0 Å². The van der Waals surface area contributed by atoms with Crippen LogP contribution < -0.4 is 5.73 Å². The lowest BCUT2D eigenvalue weighted by Gasteiger charge is -2.07. The molecule has 0 spiro atoms. The van der Waals surface area contributed by atoms with Crippen LogP contribution in [0.4, 0.5) is 13.2 Å². The van der Waals surface area contributed by atoms with Crippen LogP contribution in [0.25, 0.3) is 0 Å². The minimum atomic E-state index is -4.32. The van der Waals surface area contributed by atoms with Gasteiger partial charge in [0.05, 0.1) is 11.6 Å². The SMILES string of the molecule is NCCC1COC(c2ccc(C(F)(F)F)cc2)=N1. The molecule has 3 nitrogen and oxygen atoms in total. The summed E-state index contributed by atoms with van der Waals surface area (Å²) in [7, 11) is 0. The first-order chi connectivity index (χ1) is 8.50. The molecule has 2 rings (SSSR count). The minimum Gasteiger partial charge on any atom is -0.475 e. The largest absolute Gasteiger partial charge is 0.475 e. The van der Waals surface area contributed by atoms with E-state index in [9.17, 15) is 13.2 Å². The highest BCUT2D eigenvalue weighted by molar-refractivity contribution is 5.95. The van der Waals surface area contributed by atoms with Crippen molar-refractivity contribution in [3.8, 4) is 0 Å². The first-order valence-electron chi connectivity index (χ1n) is 5.59. The number of hydrogen-bond acceptors (Lipinski definition) is 3. The topological polar surface area (TPSA) is 47.6 Å². The Kier molecular flexibility index (Phi) is 3.56. The number of rotatable bonds is 3. The Labute approximate surface area is 102 Å². The van der Waals surface area contributed by atoms with Gasteiger partial charge in [0.2, 0.25) is 5.90 Å². The number of nitrogens with two attached hydrogens (primary N) is 1. The maximum absolute atomic E-state index is 12.4. The third-order valence-electron chi connectivity index (χ3n) is 2.67. The fourth-order valence-electron chi connectivity index (χ4n) is 1.72. The van der Waals surface area contributed by atoms with Crippen LogP contribution in [-0.2, 0) is 10.9 Å². The summed E-state index contributed by atoms with van der Waals surface area (Å²) in [6.07, 6.45) is -3.61. The van der Waals surface area contributed by atoms with Gasteiger partial charge in [-0.15, -0.1) is 0 Å². The molecular weight excluding hydrogens is 245 g/mol. The van der Waals surface area contributed by atoms with Crippen molar-refractivity contribution < 1.29 is 17.9 Å². The average molecular weight is 258 g/mol. The van der Waals surface area contributed by atoms with Gasteiger partial charge in [-0.25, -0.2) is 4.99 Å². The Morgan fingerprint density at radius 1 is 1.28 bits per heavy atom. The van der Waals surface area contributed by atoms with Crippen molar-refractivity contribution in [2.75, 3.05) is 13.2 Å². The number of alkyl halides is 3. The van der Waals surface area contributed by atoms with Gasteiger partial charge < -0.3 is 10.5 Å². The molecule has 1 aromatic rings. The summed E-state index contributed by atoms with van der Waals surface area (Å²) < 4.78 is 42.5. The predicted molar refractivity (Wildman–Crippen MR) is 61.4 cm³/mol. The maximum atomic E-state index is 12.4. The Bertz CT molecular complexity index is 440. The number of nitrogens with zero attached hydrogens (tertiary/aromatic N) is 1. The lowest BCUT2D eigenvalue weighted by Crippen LogP contribution is -2.12. The summed E-state index contributed by atoms with van der Waals surface area (Å²) in [6.45, 7) is 0.950. The summed E-state index contributed by atoms with van der Waals surface area (Å²) in [4.78, 5) is 4.27. The van der Waals surface area contributed by atoms with E-state index in [0.29, 0.717) is 31.0 Å². The van der Waals surface area contributed by atoms with E-state index in [4.69, 9.17) is 10.5 Å². The summed E-state index contributed by atoms with van der Waals surface area (Å²) in [5.74, 6) is 0.391. The van der Waals surface area contributed by atoms with Crippen LogP contribution in [0.2, 0.25) is 0 Å². The van der Waals surface area contributed by atoms with E-state index >= 15 is 0 Å². The second kappa shape index (κ2) is 4.97. The molecule has 0 amide bonds. The molecule has 1 unspecified atom stereocenters. The molecule has 1 aliphatic rings. The molecule has 1 aromatic carbocycles. The standard InChI is InChI=1S/C12H13F3N2O/c13-12(14,15)9-3-1-8(2-4-9)11-17-10(5-6-16)7-18-11/h1-4,10H,5-7,16H2. The van der Waals surface area contributed by atoms with E-state index in [-0.39, 0.29) is 6.04 Å². The zero-order valence-electron chi connectivity index (χ0n) is 9.57. The van der Waals surface area contributed by atoms with Crippen LogP contribution in [-0.4, -0.2) is 25.1 Å². The summed E-state index contributed by atoms with van der Waals surface area (Å²) in [5.41, 5.74) is 5.29. The van der Waals surface area contributed by atoms with Crippen LogP contribution in [0, 0.1) is 0 Å². The monoisotopic (exact) mass is 258 g/mol. The molecule has 0 saturated heterocycles. The first kappa shape index (κ1) is 12.9. The number of halogens is 3. The van der Waals surface area contributed by atoms with Gasteiger partial charge in [0, 0.05) is 5.56 Å². The number of benzene rings is 1. The summed E-state index contributed by atoms with van der Waals surface area (Å²) in [6, 6.07) is 4.79. The highest BCUT2D eigenvalue weighted by Gasteiger charge is 2.30. The molecule has 98 valence electrons. The molecule has 0 radical (unpaired) electrons. The fraction of sp³-hybridized carbons (Fsp3) is 0.417. The molecule has 0 saturated carbocycles. The predicted octanol–water partition coefficient (Wildman–Crippen LogP) is 2.20. The minimum absolute atomic E-state index is 0.00675. The highest BCUT2D eigenvalue weighted by atomic mass is 19.4. The van der Waals surface area contributed by atoms with Crippen LogP contribution in [0.5, 0.6) is 0 Å². The van der Waals surface area contributed by atoms with Crippen LogP contribution >= 0.6 is 0 Å².